The molecule has 1 aromatic heterocycles. The number of anilines is 1. The summed E-state index contributed by atoms with van der Waals surface area (Å²) in [7, 11) is -1.52. The average molecular weight is 313 g/mol. The van der Waals surface area contributed by atoms with Crippen LogP contribution in [-0.4, -0.2) is 56.0 Å². The Balaban J connectivity index is 1.95. The van der Waals surface area contributed by atoms with Gasteiger partial charge in [0.15, 0.2) is 0 Å². The van der Waals surface area contributed by atoms with Gasteiger partial charge in [-0.1, -0.05) is 6.92 Å². The third-order valence-corrected chi connectivity index (χ3v) is 5.03. The van der Waals surface area contributed by atoms with E-state index in [1.165, 1.54) is 12.4 Å². The van der Waals surface area contributed by atoms with Crippen molar-refractivity contribution in [3.05, 3.63) is 12.4 Å². The molecule has 2 N–H and O–H groups in total. The highest BCUT2D eigenvalue weighted by Crippen LogP contribution is 2.15. The van der Waals surface area contributed by atoms with Gasteiger partial charge in [0.25, 0.3) is 0 Å². The zero-order valence-corrected chi connectivity index (χ0v) is 13.4. The Bertz CT molecular complexity index is 546. The molecule has 1 aromatic rings. The van der Waals surface area contributed by atoms with Gasteiger partial charge in [-0.05, 0) is 32.9 Å². The van der Waals surface area contributed by atoms with Crippen LogP contribution >= 0.6 is 0 Å². The van der Waals surface area contributed by atoms with E-state index in [9.17, 15) is 8.42 Å². The highest BCUT2D eigenvalue weighted by atomic mass is 32.2. The first kappa shape index (κ1) is 16.1. The Hall–Kier alpha value is -1.25. The van der Waals surface area contributed by atoms with Crippen molar-refractivity contribution in [3.63, 3.8) is 0 Å². The van der Waals surface area contributed by atoms with E-state index < -0.39 is 10.0 Å². The SMILES string of the molecule is CCCNc1ncc(S(=O)(=O)NCC2CCCN2C)cn1. The minimum absolute atomic E-state index is 0.102. The van der Waals surface area contributed by atoms with Crippen LogP contribution in [0, 0.1) is 0 Å². The third-order valence-electron chi connectivity index (χ3n) is 3.65. The lowest BCUT2D eigenvalue weighted by molar-refractivity contribution is 0.311. The van der Waals surface area contributed by atoms with Crippen molar-refractivity contribution in [2.24, 2.45) is 0 Å². The molecule has 0 bridgehead atoms. The molecule has 118 valence electrons. The second kappa shape index (κ2) is 7.15. The zero-order chi connectivity index (χ0) is 15.3. The fourth-order valence-electron chi connectivity index (χ4n) is 2.31. The number of hydrogen-bond acceptors (Lipinski definition) is 6. The van der Waals surface area contributed by atoms with E-state index in [0.29, 0.717) is 12.5 Å². The Labute approximate surface area is 126 Å². The fourth-order valence-corrected chi connectivity index (χ4v) is 3.27. The minimum Gasteiger partial charge on any atom is -0.354 e. The maximum absolute atomic E-state index is 12.2. The molecule has 1 unspecified atom stereocenters. The summed E-state index contributed by atoms with van der Waals surface area (Å²) in [6.45, 7) is 4.25. The smallest absolute Gasteiger partial charge is 0.243 e. The molecule has 7 nitrogen and oxygen atoms in total. The van der Waals surface area contributed by atoms with Gasteiger partial charge in [0, 0.05) is 19.1 Å². The monoisotopic (exact) mass is 313 g/mol. The minimum atomic E-state index is -3.54. The van der Waals surface area contributed by atoms with Crippen LogP contribution in [-0.2, 0) is 10.0 Å². The van der Waals surface area contributed by atoms with E-state index in [1.807, 2.05) is 14.0 Å². The van der Waals surface area contributed by atoms with E-state index >= 15 is 0 Å². The van der Waals surface area contributed by atoms with E-state index in [4.69, 9.17) is 0 Å². The van der Waals surface area contributed by atoms with E-state index in [2.05, 4.69) is 24.9 Å². The Kier molecular flexibility index (Phi) is 5.49. The van der Waals surface area contributed by atoms with E-state index in [-0.39, 0.29) is 10.9 Å². The standard InChI is InChI=1S/C13H23N5O2S/c1-3-6-14-13-15-9-12(10-16-13)21(19,20)17-8-11-5-4-7-18(11)2/h9-11,17H,3-8H2,1-2H3,(H,14,15,16). The molecule has 0 amide bonds. The van der Waals surface area contributed by atoms with E-state index in [0.717, 1.165) is 32.4 Å². The molecule has 0 spiro atoms. The summed E-state index contributed by atoms with van der Waals surface area (Å²) in [6, 6.07) is 0.270. The summed E-state index contributed by atoms with van der Waals surface area (Å²) >= 11 is 0. The molecule has 1 atom stereocenters. The number of nitrogens with zero attached hydrogens (tertiary/aromatic N) is 3. The van der Waals surface area contributed by atoms with Crippen molar-refractivity contribution >= 4 is 16.0 Å². The maximum atomic E-state index is 12.2. The maximum Gasteiger partial charge on any atom is 0.243 e. The summed E-state index contributed by atoms with van der Waals surface area (Å²) in [4.78, 5) is 10.3. The van der Waals surface area contributed by atoms with Crippen molar-refractivity contribution in [2.75, 3.05) is 32.0 Å². The number of sulfonamides is 1. The number of likely N-dealkylation sites (tertiary alicyclic amines) is 1. The van der Waals surface area contributed by atoms with Crippen molar-refractivity contribution < 1.29 is 8.42 Å². The van der Waals surface area contributed by atoms with Crippen molar-refractivity contribution in [3.8, 4) is 0 Å². The molecule has 1 aliphatic rings. The van der Waals surface area contributed by atoms with Crippen molar-refractivity contribution in [1.82, 2.24) is 19.6 Å². The molecule has 2 rings (SSSR count). The lowest BCUT2D eigenvalue weighted by atomic mass is 10.2. The van der Waals surface area contributed by atoms with Gasteiger partial charge < -0.3 is 10.2 Å². The van der Waals surface area contributed by atoms with Gasteiger partial charge in [0.1, 0.15) is 4.90 Å². The summed E-state index contributed by atoms with van der Waals surface area (Å²) in [5, 5.41) is 3.01. The second-order valence-electron chi connectivity index (χ2n) is 5.30. The molecule has 8 heteroatoms. The Morgan fingerprint density at radius 2 is 2.10 bits per heavy atom. The van der Waals surface area contributed by atoms with Crippen LogP contribution in [0.4, 0.5) is 5.95 Å². The normalized spacial score (nSPS) is 19.8. The zero-order valence-electron chi connectivity index (χ0n) is 12.5. The highest BCUT2D eigenvalue weighted by Gasteiger charge is 2.23. The quantitative estimate of drug-likeness (QED) is 0.769. The van der Waals surface area contributed by atoms with Crippen LogP contribution in [0.5, 0.6) is 0 Å². The molecule has 1 aliphatic heterocycles. The van der Waals surface area contributed by atoms with Crippen molar-refractivity contribution in [1.29, 1.82) is 0 Å². The van der Waals surface area contributed by atoms with Gasteiger partial charge >= 0.3 is 0 Å². The van der Waals surface area contributed by atoms with Crippen LogP contribution in [0.3, 0.4) is 0 Å². The lowest BCUT2D eigenvalue weighted by Gasteiger charge is -2.19. The molecule has 0 aliphatic carbocycles. The highest BCUT2D eigenvalue weighted by molar-refractivity contribution is 7.89. The predicted octanol–water partition coefficient (Wildman–Crippen LogP) is 0.671. The first-order chi connectivity index (χ1) is 10.0. The molecule has 1 saturated heterocycles. The van der Waals surface area contributed by atoms with Crippen LogP contribution in [0.15, 0.2) is 17.3 Å². The number of likely N-dealkylation sites (N-methyl/N-ethyl adjacent to an activating group) is 1. The van der Waals surface area contributed by atoms with Gasteiger partial charge in [-0.3, -0.25) is 0 Å². The molecular weight excluding hydrogens is 290 g/mol. The molecule has 0 aromatic carbocycles. The fraction of sp³-hybridized carbons (Fsp3) is 0.692. The molecule has 21 heavy (non-hydrogen) atoms. The number of hydrogen-bond donors (Lipinski definition) is 2. The largest absolute Gasteiger partial charge is 0.354 e. The van der Waals surface area contributed by atoms with Crippen molar-refractivity contribution in [2.45, 2.75) is 37.1 Å². The van der Waals surface area contributed by atoms with Crippen LogP contribution in [0.2, 0.25) is 0 Å². The summed E-state index contributed by atoms with van der Waals surface area (Å²) in [6.07, 6.45) is 5.77. The van der Waals surface area contributed by atoms with Crippen LogP contribution < -0.4 is 10.0 Å². The second-order valence-corrected chi connectivity index (χ2v) is 7.06. The lowest BCUT2D eigenvalue weighted by Crippen LogP contribution is -2.38. The van der Waals surface area contributed by atoms with Gasteiger partial charge in [0.05, 0.1) is 12.4 Å². The Morgan fingerprint density at radius 3 is 2.67 bits per heavy atom. The van der Waals surface area contributed by atoms with Gasteiger partial charge in [-0.25, -0.2) is 23.1 Å². The van der Waals surface area contributed by atoms with Crippen LogP contribution in [0.25, 0.3) is 0 Å². The number of aromatic nitrogens is 2. The molecule has 2 heterocycles. The van der Waals surface area contributed by atoms with Gasteiger partial charge in [-0.15, -0.1) is 0 Å². The topological polar surface area (TPSA) is 87.2 Å². The molecule has 0 saturated carbocycles. The van der Waals surface area contributed by atoms with Gasteiger partial charge in [-0.2, -0.15) is 0 Å². The number of nitrogens with one attached hydrogen (secondary N) is 2. The first-order valence-electron chi connectivity index (χ1n) is 7.28. The number of rotatable bonds is 7. The van der Waals surface area contributed by atoms with Crippen LogP contribution in [0.1, 0.15) is 26.2 Å². The molecular formula is C13H23N5O2S. The molecule has 0 radical (unpaired) electrons. The predicted molar refractivity (Wildman–Crippen MR) is 81.7 cm³/mol. The molecule has 1 fully saturated rings. The average Bonchev–Trinajstić information content (AvgIpc) is 2.89. The Morgan fingerprint density at radius 1 is 1.38 bits per heavy atom. The summed E-state index contributed by atoms with van der Waals surface area (Å²) in [5.74, 6) is 0.450. The third kappa shape index (κ3) is 4.36. The summed E-state index contributed by atoms with van der Waals surface area (Å²) < 4.78 is 27.0. The summed E-state index contributed by atoms with van der Waals surface area (Å²) in [5.41, 5.74) is 0. The van der Waals surface area contributed by atoms with Gasteiger partial charge in [0.2, 0.25) is 16.0 Å². The van der Waals surface area contributed by atoms with E-state index in [1.54, 1.807) is 0 Å². The first-order valence-corrected chi connectivity index (χ1v) is 8.77.